The van der Waals surface area contributed by atoms with Crippen molar-refractivity contribution in [1.82, 2.24) is 9.97 Å². The number of para-hydroxylation sites is 1. The minimum absolute atomic E-state index is 0.167. The van der Waals surface area contributed by atoms with Gasteiger partial charge >= 0.3 is 5.97 Å². The topological polar surface area (TPSA) is 84.1 Å². The number of hydrogen-bond acceptors (Lipinski definition) is 4. The molecule has 7 heteroatoms. The van der Waals surface area contributed by atoms with E-state index in [-0.39, 0.29) is 10.8 Å². The van der Waals surface area contributed by atoms with E-state index in [1.54, 1.807) is 18.2 Å². The number of benzene rings is 1. The van der Waals surface area contributed by atoms with E-state index in [2.05, 4.69) is 15.3 Å². The normalized spacial score (nSPS) is 11.9. The number of pyridine rings is 1. The van der Waals surface area contributed by atoms with Gasteiger partial charge in [0.2, 0.25) is 0 Å². The Morgan fingerprint density at radius 1 is 1.25 bits per heavy atom. The molecule has 0 aliphatic rings. The molecule has 0 unspecified atom stereocenters. The van der Waals surface area contributed by atoms with Crippen molar-refractivity contribution in [3.63, 3.8) is 0 Å². The number of nitrogens with zero attached hydrogens (tertiary/aromatic N) is 1. The highest BCUT2D eigenvalue weighted by Crippen LogP contribution is 2.19. The van der Waals surface area contributed by atoms with Gasteiger partial charge < -0.3 is 15.0 Å². The van der Waals surface area contributed by atoms with Gasteiger partial charge in [0, 0.05) is 17.1 Å². The standard InChI is InChI=1S/C17H14ClN3O3/c1-10(16(22)21-13-7-4-8-19-15(13)18)24-17(23)14-9-11-5-2-3-6-12(11)20-14/h2-10,20H,1H3,(H,21,22)/t10-/m1/s1. The fourth-order valence-corrected chi connectivity index (χ4v) is 2.34. The first-order valence-electron chi connectivity index (χ1n) is 7.24. The van der Waals surface area contributed by atoms with Gasteiger partial charge in [-0.25, -0.2) is 9.78 Å². The predicted molar refractivity (Wildman–Crippen MR) is 91.1 cm³/mol. The summed E-state index contributed by atoms with van der Waals surface area (Å²) >= 11 is 5.88. The average molecular weight is 344 g/mol. The largest absolute Gasteiger partial charge is 0.448 e. The summed E-state index contributed by atoms with van der Waals surface area (Å²) in [5.41, 5.74) is 1.47. The molecule has 24 heavy (non-hydrogen) atoms. The molecule has 0 spiro atoms. The van der Waals surface area contributed by atoms with E-state index in [1.807, 2.05) is 24.3 Å². The molecule has 3 rings (SSSR count). The zero-order chi connectivity index (χ0) is 17.1. The molecule has 3 aromatic rings. The van der Waals surface area contributed by atoms with Crippen LogP contribution < -0.4 is 5.32 Å². The number of anilines is 1. The van der Waals surface area contributed by atoms with Gasteiger partial charge in [-0.2, -0.15) is 0 Å². The Bertz CT molecular complexity index is 874. The minimum Gasteiger partial charge on any atom is -0.448 e. The van der Waals surface area contributed by atoms with E-state index >= 15 is 0 Å². The highest BCUT2D eigenvalue weighted by atomic mass is 35.5. The molecule has 2 aromatic heterocycles. The zero-order valence-electron chi connectivity index (χ0n) is 12.7. The summed E-state index contributed by atoms with van der Waals surface area (Å²) < 4.78 is 5.19. The number of aromatic nitrogens is 2. The molecule has 122 valence electrons. The highest BCUT2D eigenvalue weighted by Gasteiger charge is 2.21. The molecule has 0 aliphatic heterocycles. The van der Waals surface area contributed by atoms with Crippen LogP contribution in [0.1, 0.15) is 17.4 Å². The van der Waals surface area contributed by atoms with E-state index in [0.717, 1.165) is 10.9 Å². The molecule has 0 aliphatic carbocycles. The minimum atomic E-state index is -0.986. The fourth-order valence-electron chi connectivity index (χ4n) is 2.17. The molecule has 2 N–H and O–H groups in total. The third-order valence-corrected chi connectivity index (χ3v) is 3.72. The van der Waals surface area contributed by atoms with Crippen LogP contribution in [0.25, 0.3) is 10.9 Å². The summed E-state index contributed by atoms with van der Waals surface area (Å²) in [4.78, 5) is 31.1. The van der Waals surface area contributed by atoms with Gasteiger partial charge in [-0.15, -0.1) is 0 Å². The van der Waals surface area contributed by atoms with Crippen LogP contribution in [-0.4, -0.2) is 27.9 Å². The molecule has 1 aromatic carbocycles. The molecule has 1 amide bonds. The van der Waals surface area contributed by atoms with Gasteiger partial charge in [-0.3, -0.25) is 4.79 Å². The first-order valence-corrected chi connectivity index (χ1v) is 7.62. The number of hydrogen-bond donors (Lipinski definition) is 2. The number of carbonyl (C=O) groups is 2. The number of nitrogens with one attached hydrogen (secondary N) is 2. The average Bonchev–Trinajstić information content (AvgIpc) is 3.01. The Balaban J connectivity index is 1.67. The second kappa shape index (κ2) is 6.72. The molecule has 0 bridgehead atoms. The molecule has 1 atom stereocenters. The molecule has 0 radical (unpaired) electrons. The SMILES string of the molecule is C[C@@H](OC(=O)c1cc2ccccc2[nH]1)C(=O)Nc1cccnc1Cl. The van der Waals surface area contributed by atoms with Crippen molar-refractivity contribution in [1.29, 1.82) is 0 Å². The van der Waals surface area contributed by atoms with Crippen LogP contribution in [0.4, 0.5) is 5.69 Å². The molecule has 2 heterocycles. The van der Waals surface area contributed by atoms with Crippen LogP contribution in [-0.2, 0) is 9.53 Å². The van der Waals surface area contributed by atoms with Crippen molar-refractivity contribution in [2.24, 2.45) is 0 Å². The second-order valence-electron chi connectivity index (χ2n) is 5.15. The summed E-state index contributed by atoms with van der Waals surface area (Å²) in [6, 6.07) is 12.4. The number of halogens is 1. The van der Waals surface area contributed by atoms with Gasteiger partial charge in [-0.05, 0) is 31.2 Å². The number of esters is 1. The molecular weight excluding hydrogens is 330 g/mol. The number of fused-ring (bicyclic) bond motifs is 1. The molecule has 6 nitrogen and oxygen atoms in total. The summed E-state index contributed by atoms with van der Waals surface area (Å²) in [5.74, 6) is -1.10. The first kappa shape index (κ1) is 16.0. The number of carbonyl (C=O) groups excluding carboxylic acids is 2. The van der Waals surface area contributed by atoms with Gasteiger partial charge in [-0.1, -0.05) is 29.8 Å². The van der Waals surface area contributed by atoms with Crippen LogP contribution in [0.5, 0.6) is 0 Å². The molecular formula is C17H14ClN3O3. The lowest BCUT2D eigenvalue weighted by molar-refractivity contribution is -0.123. The van der Waals surface area contributed by atoms with Gasteiger partial charge in [0.15, 0.2) is 11.3 Å². The van der Waals surface area contributed by atoms with Gasteiger partial charge in [0.25, 0.3) is 5.91 Å². The summed E-state index contributed by atoms with van der Waals surface area (Å²) in [6.07, 6.45) is 0.525. The van der Waals surface area contributed by atoms with Crippen molar-refractivity contribution in [3.8, 4) is 0 Å². The number of H-pyrrole nitrogens is 1. The lowest BCUT2D eigenvalue weighted by atomic mass is 10.2. The van der Waals surface area contributed by atoms with E-state index in [1.165, 1.54) is 13.1 Å². The van der Waals surface area contributed by atoms with Crippen molar-refractivity contribution in [2.75, 3.05) is 5.32 Å². The Morgan fingerprint density at radius 2 is 2.04 bits per heavy atom. The third kappa shape index (κ3) is 3.38. The number of aromatic amines is 1. The lowest BCUT2D eigenvalue weighted by Crippen LogP contribution is -2.30. The Hall–Kier alpha value is -2.86. The molecule has 0 fully saturated rings. The molecule has 0 saturated carbocycles. The van der Waals surface area contributed by atoms with E-state index in [9.17, 15) is 9.59 Å². The van der Waals surface area contributed by atoms with Crippen molar-refractivity contribution < 1.29 is 14.3 Å². The highest BCUT2D eigenvalue weighted by molar-refractivity contribution is 6.32. The smallest absolute Gasteiger partial charge is 0.355 e. The summed E-state index contributed by atoms with van der Waals surface area (Å²) in [7, 11) is 0. The van der Waals surface area contributed by atoms with E-state index in [4.69, 9.17) is 16.3 Å². The Labute approximate surface area is 142 Å². The van der Waals surface area contributed by atoms with Crippen molar-refractivity contribution in [3.05, 3.63) is 59.5 Å². The maximum atomic E-state index is 12.2. The maximum Gasteiger partial charge on any atom is 0.355 e. The van der Waals surface area contributed by atoms with E-state index < -0.39 is 18.0 Å². The first-order chi connectivity index (χ1) is 11.5. The summed E-state index contributed by atoms with van der Waals surface area (Å²) in [6.45, 7) is 1.49. The van der Waals surface area contributed by atoms with Crippen LogP contribution >= 0.6 is 11.6 Å². The quantitative estimate of drug-likeness (QED) is 0.561. The lowest BCUT2D eigenvalue weighted by Gasteiger charge is -2.13. The van der Waals surface area contributed by atoms with Gasteiger partial charge in [0.1, 0.15) is 5.69 Å². The van der Waals surface area contributed by atoms with Gasteiger partial charge in [0.05, 0.1) is 5.69 Å². The Morgan fingerprint density at radius 3 is 2.79 bits per heavy atom. The number of ether oxygens (including phenoxy) is 1. The van der Waals surface area contributed by atoms with Crippen molar-refractivity contribution in [2.45, 2.75) is 13.0 Å². The van der Waals surface area contributed by atoms with Crippen LogP contribution in [0.3, 0.4) is 0 Å². The fraction of sp³-hybridized carbons (Fsp3) is 0.118. The van der Waals surface area contributed by atoms with Crippen LogP contribution in [0, 0.1) is 0 Å². The second-order valence-corrected chi connectivity index (χ2v) is 5.51. The summed E-state index contributed by atoms with van der Waals surface area (Å²) in [5, 5.41) is 3.63. The number of amides is 1. The third-order valence-electron chi connectivity index (χ3n) is 3.42. The maximum absolute atomic E-state index is 12.2. The number of rotatable bonds is 4. The van der Waals surface area contributed by atoms with E-state index in [0.29, 0.717) is 5.69 Å². The Kier molecular flexibility index (Phi) is 4.48. The van der Waals surface area contributed by atoms with Crippen molar-refractivity contribution >= 4 is 40.1 Å². The van der Waals surface area contributed by atoms with Crippen LogP contribution in [0.15, 0.2) is 48.7 Å². The zero-order valence-corrected chi connectivity index (χ0v) is 13.5. The monoisotopic (exact) mass is 343 g/mol. The predicted octanol–water partition coefficient (Wildman–Crippen LogP) is 3.40. The molecule has 0 saturated heterocycles. The van der Waals surface area contributed by atoms with Crippen LogP contribution in [0.2, 0.25) is 5.15 Å².